The van der Waals surface area contributed by atoms with E-state index >= 15 is 0 Å². The average molecular weight is 210 g/mol. The van der Waals surface area contributed by atoms with E-state index in [-0.39, 0.29) is 12.5 Å². The maximum absolute atomic E-state index is 10.4. The van der Waals surface area contributed by atoms with Gasteiger partial charge in [0.1, 0.15) is 0 Å². The third-order valence-corrected chi connectivity index (χ3v) is 2.95. The van der Waals surface area contributed by atoms with Crippen molar-refractivity contribution in [3.05, 3.63) is 22.8 Å². The van der Waals surface area contributed by atoms with Crippen molar-refractivity contribution in [2.24, 2.45) is 0 Å². The van der Waals surface area contributed by atoms with Crippen LogP contribution in [0.1, 0.15) is 39.5 Å². The maximum atomic E-state index is 10.4. The van der Waals surface area contributed by atoms with Gasteiger partial charge in [0.05, 0.1) is 6.10 Å². The predicted octanol–water partition coefficient (Wildman–Crippen LogP) is 2.27. The molecule has 1 aliphatic rings. The zero-order chi connectivity index (χ0) is 11.4. The minimum absolute atomic E-state index is 0.175. The number of carbonyl (C=O) groups is 1. The summed E-state index contributed by atoms with van der Waals surface area (Å²) < 4.78 is 0. The van der Waals surface area contributed by atoms with Gasteiger partial charge in [0.15, 0.2) is 0 Å². The van der Waals surface area contributed by atoms with E-state index in [0.717, 1.165) is 17.6 Å². The van der Waals surface area contributed by atoms with Crippen LogP contribution in [-0.4, -0.2) is 22.3 Å². The fraction of sp³-hybridized carbons (Fsp3) is 0.583. The van der Waals surface area contributed by atoms with Crippen LogP contribution in [0.5, 0.6) is 0 Å². The quantitative estimate of drug-likeness (QED) is 0.702. The fourth-order valence-electron chi connectivity index (χ4n) is 1.72. The van der Waals surface area contributed by atoms with Gasteiger partial charge in [0.2, 0.25) is 0 Å². The van der Waals surface area contributed by atoms with E-state index in [0.29, 0.717) is 12.8 Å². The number of aliphatic carboxylic acids is 1. The lowest BCUT2D eigenvalue weighted by atomic mass is 9.89. The molecule has 84 valence electrons. The highest BCUT2D eigenvalue weighted by atomic mass is 16.4. The predicted molar refractivity (Wildman–Crippen MR) is 58.6 cm³/mol. The molecule has 0 amide bonds. The highest BCUT2D eigenvalue weighted by Gasteiger charge is 2.16. The van der Waals surface area contributed by atoms with Crippen LogP contribution in [0.15, 0.2) is 22.8 Å². The summed E-state index contributed by atoms with van der Waals surface area (Å²) in [7, 11) is 0. The standard InChI is InChI=1S/C12H18O3/c1-8(4-6-12(14)15)10-5-3-9(2)11(13)7-10/h3,11,13H,4-7H2,1-2H3,(H,14,15). The summed E-state index contributed by atoms with van der Waals surface area (Å²) in [5.74, 6) is -0.766. The normalized spacial score (nSPS) is 24.7. The SMILES string of the molecule is CC1=CCC(=C(C)CCC(=O)O)CC1O. The molecule has 0 aromatic heterocycles. The molecule has 1 unspecified atom stereocenters. The topological polar surface area (TPSA) is 57.5 Å². The van der Waals surface area contributed by atoms with Gasteiger partial charge in [-0.2, -0.15) is 0 Å². The fourth-order valence-corrected chi connectivity index (χ4v) is 1.72. The Balaban J connectivity index is 2.63. The summed E-state index contributed by atoms with van der Waals surface area (Å²) in [6.45, 7) is 3.88. The van der Waals surface area contributed by atoms with Crippen molar-refractivity contribution in [1.29, 1.82) is 0 Å². The van der Waals surface area contributed by atoms with Crippen molar-refractivity contribution in [3.63, 3.8) is 0 Å². The average Bonchev–Trinajstić information content (AvgIpc) is 2.18. The molecular formula is C12H18O3. The molecule has 2 N–H and O–H groups in total. The minimum atomic E-state index is -0.766. The van der Waals surface area contributed by atoms with Crippen LogP contribution in [0, 0.1) is 0 Å². The van der Waals surface area contributed by atoms with Gasteiger partial charge in [-0.15, -0.1) is 0 Å². The lowest BCUT2D eigenvalue weighted by Crippen LogP contribution is -2.14. The van der Waals surface area contributed by atoms with Gasteiger partial charge in [-0.3, -0.25) is 4.79 Å². The molecule has 0 aromatic carbocycles. The monoisotopic (exact) mass is 210 g/mol. The summed E-state index contributed by atoms with van der Waals surface area (Å²) in [5.41, 5.74) is 3.32. The summed E-state index contributed by atoms with van der Waals surface area (Å²) >= 11 is 0. The Morgan fingerprint density at radius 1 is 1.53 bits per heavy atom. The second-order valence-corrected chi connectivity index (χ2v) is 4.15. The van der Waals surface area contributed by atoms with E-state index in [4.69, 9.17) is 5.11 Å². The van der Waals surface area contributed by atoms with Crippen LogP contribution in [-0.2, 0) is 4.79 Å². The van der Waals surface area contributed by atoms with Gasteiger partial charge < -0.3 is 10.2 Å². The first-order valence-electron chi connectivity index (χ1n) is 5.24. The molecule has 3 nitrogen and oxygen atoms in total. The molecule has 3 heteroatoms. The Morgan fingerprint density at radius 3 is 2.73 bits per heavy atom. The Labute approximate surface area is 90.1 Å². The van der Waals surface area contributed by atoms with Crippen LogP contribution >= 0.6 is 0 Å². The maximum Gasteiger partial charge on any atom is 0.303 e. The van der Waals surface area contributed by atoms with E-state index in [2.05, 4.69) is 0 Å². The third kappa shape index (κ3) is 3.51. The van der Waals surface area contributed by atoms with Crippen LogP contribution in [0.3, 0.4) is 0 Å². The first kappa shape index (κ1) is 12.0. The summed E-state index contributed by atoms with van der Waals surface area (Å²) in [6.07, 6.45) is 3.92. The first-order valence-corrected chi connectivity index (χ1v) is 5.24. The Bertz CT molecular complexity index is 313. The van der Waals surface area contributed by atoms with E-state index in [1.807, 2.05) is 19.9 Å². The third-order valence-electron chi connectivity index (χ3n) is 2.95. The molecule has 1 rings (SSSR count). The van der Waals surface area contributed by atoms with E-state index < -0.39 is 5.97 Å². The molecule has 0 heterocycles. The molecule has 1 atom stereocenters. The summed E-state index contributed by atoms with van der Waals surface area (Å²) in [6, 6.07) is 0. The first-order chi connectivity index (χ1) is 7.00. The Morgan fingerprint density at radius 2 is 2.20 bits per heavy atom. The van der Waals surface area contributed by atoms with E-state index in [1.165, 1.54) is 5.57 Å². The number of allylic oxidation sites excluding steroid dienone is 2. The molecule has 15 heavy (non-hydrogen) atoms. The largest absolute Gasteiger partial charge is 0.481 e. The van der Waals surface area contributed by atoms with Crippen molar-refractivity contribution < 1.29 is 15.0 Å². The second kappa shape index (κ2) is 5.12. The number of hydrogen-bond donors (Lipinski definition) is 2. The molecule has 0 aromatic rings. The smallest absolute Gasteiger partial charge is 0.303 e. The number of hydrogen-bond acceptors (Lipinski definition) is 2. The van der Waals surface area contributed by atoms with Gasteiger partial charge in [-0.1, -0.05) is 17.2 Å². The van der Waals surface area contributed by atoms with E-state index in [9.17, 15) is 9.90 Å². The number of aliphatic hydroxyl groups is 1. The molecule has 0 bridgehead atoms. The number of carboxylic acids is 1. The zero-order valence-corrected chi connectivity index (χ0v) is 9.29. The van der Waals surface area contributed by atoms with Gasteiger partial charge in [0.25, 0.3) is 0 Å². The van der Waals surface area contributed by atoms with Gasteiger partial charge >= 0.3 is 5.97 Å². The van der Waals surface area contributed by atoms with Crippen LogP contribution in [0.4, 0.5) is 0 Å². The molecule has 0 saturated heterocycles. The zero-order valence-electron chi connectivity index (χ0n) is 9.29. The van der Waals surface area contributed by atoms with E-state index in [1.54, 1.807) is 0 Å². The molecule has 0 radical (unpaired) electrons. The van der Waals surface area contributed by atoms with Crippen LogP contribution < -0.4 is 0 Å². The van der Waals surface area contributed by atoms with Crippen molar-refractivity contribution in [1.82, 2.24) is 0 Å². The highest BCUT2D eigenvalue weighted by molar-refractivity contribution is 5.67. The van der Waals surface area contributed by atoms with Gasteiger partial charge in [0, 0.05) is 6.42 Å². The minimum Gasteiger partial charge on any atom is -0.481 e. The molecule has 0 fully saturated rings. The summed E-state index contributed by atoms with van der Waals surface area (Å²) in [4.78, 5) is 10.4. The van der Waals surface area contributed by atoms with Gasteiger partial charge in [-0.25, -0.2) is 0 Å². The van der Waals surface area contributed by atoms with Crippen LogP contribution in [0.25, 0.3) is 0 Å². The van der Waals surface area contributed by atoms with Gasteiger partial charge in [-0.05, 0) is 38.7 Å². The lowest BCUT2D eigenvalue weighted by molar-refractivity contribution is -0.136. The number of carboxylic acid groups (broad SMARTS) is 1. The lowest BCUT2D eigenvalue weighted by Gasteiger charge is -2.21. The molecule has 0 saturated carbocycles. The van der Waals surface area contributed by atoms with Crippen molar-refractivity contribution >= 4 is 5.97 Å². The van der Waals surface area contributed by atoms with Crippen molar-refractivity contribution in [2.45, 2.75) is 45.6 Å². The van der Waals surface area contributed by atoms with Crippen molar-refractivity contribution in [2.75, 3.05) is 0 Å². The Hall–Kier alpha value is -1.09. The molecule has 0 aliphatic heterocycles. The molecular weight excluding hydrogens is 192 g/mol. The second-order valence-electron chi connectivity index (χ2n) is 4.15. The molecule has 0 spiro atoms. The highest BCUT2D eigenvalue weighted by Crippen LogP contribution is 2.27. The number of rotatable bonds is 3. The number of aliphatic hydroxyl groups excluding tert-OH is 1. The van der Waals surface area contributed by atoms with Crippen LogP contribution in [0.2, 0.25) is 0 Å². The van der Waals surface area contributed by atoms with Crippen molar-refractivity contribution in [3.8, 4) is 0 Å². The summed E-state index contributed by atoms with van der Waals surface area (Å²) in [5, 5.41) is 18.2. The Kier molecular flexibility index (Phi) is 4.09. The molecule has 1 aliphatic carbocycles.